The van der Waals surface area contributed by atoms with E-state index >= 15 is 0 Å². The zero-order valence-electron chi connectivity index (χ0n) is 14.2. The van der Waals surface area contributed by atoms with Crippen LogP contribution in [0.15, 0.2) is 48.5 Å². The van der Waals surface area contributed by atoms with Crippen LogP contribution in [0.2, 0.25) is 0 Å². The number of carbonyl (C=O) groups is 2. The molecule has 1 amide bonds. The number of nitro benzene ring substituents is 1. The van der Waals surface area contributed by atoms with Crippen LogP contribution in [0, 0.1) is 10.1 Å². The number of hydrogen-bond acceptors (Lipinski definition) is 4. The van der Waals surface area contributed by atoms with Crippen molar-refractivity contribution < 1.29 is 19.6 Å². The van der Waals surface area contributed by atoms with E-state index in [4.69, 9.17) is 5.11 Å². The Balaban J connectivity index is 1.70. The summed E-state index contributed by atoms with van der Waals surface area (Å²) in [5.41, 5.74) is 1.71. The van der Waals surface area contributed by atoms with Gasteiger partial charge in [0.25, 0.3) is 5.69 Å². The molecule has 0 atom stereocenters. The first-order valence-electron chi connectivity index (χ1n) is 8.28. The van der Waals surface area contributed by atoms with Crippen LogP contribution in [0.3, 0.4) is 0 Å². The number of unbranched alkanes of at least 4 members (excludes halogenated alkanes) is 1. The van der Waals surface area contributed by atoms with Gasteiger partial charge in [0.1, 0.15) is 0 Å². The zero-order chi connectivity index (χ0) is 18.9. The highest BCUT2D eigenvalue weighted by Gasteiger charge is 2.12. The number of carbonyl (C=O) groups excluding carboxylic acids is 1. The second-order valence-corrected chi connectivity index (χ2v) is 5.87. The highest BCUT2D eigenvalue weighted by molar-refractivity contribution is 5.91. The summed E-state index contributed by atoms with van der Waals surface area (Å²) in [6.45, 7) is 0.501. The average Bonchev–Trinajstić information content (AvgIpc) is 2.62. The molecule has 2 aromatic carbocycles. The topological polar surface area (TPSA) is 110 Å². The maximum atomic E-state index is 12.0. The number of amides is 1. The quantitative estimate of drug-likeness (QED) is 0.408. The molecule has 26 heavy (non-hydrogen) atoms. The molecule has 0 heterocycles. The minimum atomic E-state index is -1.04. The van der Waals surface area contributed by atoms with Crippen LogP contribution < -0.4 is 5.32 Å². The molecule has 0 saturated carbocycles. The molecule has 2 N–H and O–H groups in total. The van der Waals surface area contributed by atoms with Crippen molar-refractivity contribution in [2.75, 3.05) is 6.54 Å². The summed E-state index contributed by atoms with van der Waals surface area (Å²) in [6.07, 6.45) is 2.41. The van der Waals surface area contributed by atoms with E-state index in [9.17, 15) is 19.7 Å². The summed E-state index contributed by atoms with van der Waals surface area (Å²) < 4.78 is 0. The molecule has 0 aliphatic heterocycles. The van der Waals surface area contributed by atoms with Crippen molar-refractivity contribution in [1.29, 1.82) is 0 Å². The van der Waals surface area contributed by atoms with Gasteiger partial charge in [-0.3, -0.25) is 14.9 Å². The molecule has 0 saturated heterocycles. The SMILES string of the molecule is O=C(Cc1ccccc1C(=O)O)NCCCCc1ccc([N+](=O)[O-])cc1. The lowest BCUT2D eigenvalue weighted by Gasteiger charge is -2.07. The molecule has 0 bridgehead atoms. The van der Waals surface area contributed by atoms with Crippen LogP contribution in [-0.4, -0.2) is 28.5 Å². The summed E-state index contributed by atoms with van der Waals surface area (Å²) >= 11 is 0. The third kappa shape index (κ3) is 5.70. The fourth-order valence-corrected chi connectivity index (χ4v) is 2.58. The normalized spacial score (nSPS) is 10.3. The van der Waals surface area contributed by atoms with Gasteiger partial charge in [-0.05, 0) is 36.5 Å². The first-order valence-corrected chi connectivity index (χ1v) is 8.28. The van der Waals surface area contributed by atoms with Gasteiger partial charge in [0.15, 0.2) is 0 Å². The van der Waals surface area contributed by atoms with E-state index in [0.717, 1.165) is 24.8 Å². The van der Waals surface area contributed by atoms with Crippen LogP contribution in [0.1, 0.15) is 34.3 Å². The number of benzene rings is 2. The maximum Gasteiger partial charge on any atom is 0.335 e. The maximum absolute atomic E-state index is 12.0. The number of nitrogens with zero attached hydrogens (tertiary/aromatic N) is 1. The lowest BCUT2D eigenvalue weighted by Crippen LogP contribution is -2.26. The van der Waals surface area contributed by atoms with Gasteiger partial charge in [-0.25, -0.2) is 4.79 Å². The number of rotatable bonds is 9. The molecule has 0 aromatic heterocycles. The highest BCUT2D eigenvalue weighted by Crippen LogP contribution is 2.13. The first kappa shape index (κ1) is 19.1. The monoisotopic (exact) mass is 356 g/mol. The number of aromatic carboxylic acids is 1. The van der Waals surface area contributed by atoms with Crippen LogP contribution in [0.5, 0.6) is 0 Å². The number of non-ortho nitro benzene ring substituents is 1. The summed E-state index contributed by atoms with van der Waals surface area (Å²) in [6, 6.07) is 12.9. The minimum Gasteiger partial charge on any atom is -0.478 e. The predicted octanol–water partition coefficient (Wildman–Crippen LogP) is 2.97. The standard InChI is InChI=1S/C19H20N2O5/c22-18(13-15-6-1-2-7-17(15)19(23)24)20-12-4-3-5-14-8-10-16(11-9-14)21(25)26/h1-2,6-11H,3-5,12-13H2,(H,20,22)(H,23,24). The second kappa shape index (κ2) is 9.31. The molecule has 7 heteroatoms. The third-order valence-corrected chi connectivity index (χ3v) is 3.96. The smallest absolute Gasteiger partial charge is 0.335 e. The molecular formula is C19H20N2O5. The molecule has 7 nitrogen and oxygen atoms in total. The Bertz CT molecular complexity index is 787. The van der Waals surface area contributed by atoms with E-state index in [1.165, 1.54) is 18.2 Å². The molecular weight excluding hydrogens is 336 g/mol. The van der Waals surface area contributed by atoms with Gasteiger partial charge in [0.2, 0.25) is 5.91 Å². The first-order chi connectivity index (χ1) is 12.5. The summed E-state index contributed by atoms with van der Waals surface area (Å²) in [5.74, 6) is -1.26. The number of carboxylic acid groups (broad SMARTS) is 1. The Morgan fingerprint density at radius 1 is 1.04 bits per heavy atom. The second-order valence-electron chi connectivity index (χ2n) is 5.87. The molecule has 0 aliphatic rings. The average molecular weight is 356 g/mol. The van der Waals surface area contributed by atoms with E-state index in [0.29, 0.717) is 12.1 Å². The minimum absolute atomic E-state index is 0.0326. The molecule has 0 spiro atoms. The molecule has 0 unspecified atom stereocenters. The number of nitro groups is 1. The zero-order valence-corrected chi connectivity index (χ0v) is 14.2. The Labute approximate surface area is 150 Å². The van der Waals surface area contributed by atoms with E-state index < -0.39 is 10.9 Å². The van der Waals surface area contributed by atoms with E-state index in [1.54, 1.807) is 30.3 Å². The fourth-order valence-electron chi connectivity index (χ4n) is 2.58. The number of hydrogen-bond donors (Lipinski definition) is 2. The van der Waals surface area contributed by atoms with Gasteiger partial charge in [0, 0.05) is 18.7 Å². The van der Waals surface area contributed by atoms with Crippen LogP contribution in [0.4, 0.5) is 5.69 Å². The van der Waals surface area contributed by atoms with Crippen molar-refractivity contribution in [3.8, 4) is 0 Å². The highest BCUT2D eigenvalue weighted by atomic mass is 16.6. The number of carboxylic acids is 1. The van der Waals surface area contributed by atoms with Crippen LogP contribution in [-0.2, 0) is 17.6 Å². The van der Waals surface area contributed by atoms with Crippen molar-refractivity contribution in [3.05, 3.63) is 75.3 Å². The van der Waals surface area contributed by atoms with Crippen molar-refractivity contribution >= 4 is 17.6 Å². The molecule has 2 rings (SSSR count). The van der Waals surface area contributed by atoms with E-state index in [-0.39, 0.29) is 23.6 Å². The Morgan fingerprint density at radius 3 is 2.38 bits per heavy atom. The van der Waals surface area contributed by atoms with Gasteiger partial charge < -0.3 is 10.4 Å². The van der Waals surface area contributed by atoms with Gasteiger partial charge in [-0.1, -0.05) is 30.3 Å². The van der Waals surface area contributed by atoms with Crippen molar-refractivity contribution in [2.24, 2.45) is 0 Å². The summed E-state index contributed by atoms with van der Waals surface area (Å²) in [7, 11) is 0. The lowest BCUT2D eigenvalue weighted by atomic mass is 10.0. The fraction of sp³-hybridized carbons (Fsp3) is 0.263. The lowest BCUT2D eigenvalue weighted by molar-refractivity contribution is -0.384. The molecule has 0 radical (unpaired) electrons. The van der Waals surface area contributed by atoms with Gasteiger partial charge in [-0.2, -0.15) is 0 Å². The molecule has 2 aromatic rings. The number of aryl methyl sites for hydroxylation is 1. The largest absolute Gasteiger partial charge is 0.478 e. The van der Waals surface area contributed by atoms with E-state index in [2.05, 4.69) is 5.32 Å². The van der Waals surface area contributed by atoms with Gasteiger partial charge >= 0.3 is 5.97 Å². The van der Waals surface area contributed by atoms with Crippen LogP contribution in [0.25, 0.3) is 0 Å². The van der Waals surface area contributed by atoms with Crippen molar-refractivity contribution in [3.63, 3.8) is 0 Å². The van der Waals surface area contributed by atoms with Crippen LogP contribution >= 0.6 is 0 Å². The molecule has 0 aliphatic carbocycles. The third-order valence-electron chi connectivity index (χ3n) is 3.96. The van der Waals surface area contributed by atoms with Gasteiger partial charge in [0.05, 0.1) is 16.9 Å². The Hall–Kier alpha value is -3.22. The Morgan fingerprint density at radius 2 is 1.73 bits per heavy atom. The molecule has 0 fully saturated rings. The summed E-state index contributed by atoms with van der Waals surface area (Å²) in [4.78, 5) is 33.2. The van der Waals surface area contributed by atoms with Crippen molar-refractivity contribution in [2.45, 2.75) is 25.7 Å². The Kier molecular flexibility index (Phi) is 6.84. The van der Waals surface area contributed by atoms with Gasteiger partial charge in [-0.15, -0.1) is 0 Å². The van der Waals surface area contributed by atoms with E-state index in [1.807, 2.05) is 0 Å². The summed E-state index contributed by atoms with van der Waals surface area (Å²) in [5, 5.41) is 22.5. The number of nitrogens with one attached hydrogen (secondary N) is 1. The van der Waals surface area contributed by atoms with Crippen molar-refractivity contribution in [1.82, 2.24) is 5.32 Å². The predicted molar refractivity (Wildman–Crippen MR) is 96.1 cm³/mol. The molecule has 136 valence electrons.